The fourth-order valence-corrected chi connectivity index (χ4v) is 4.10. The summed E-state index contributed by atoms with van der Waals surface area (Å²) < 4.78 is 9.63. The minimum Gasteiger partial charge on any atom is -0.482 e. The van der Waals surface area contributed by atoms with Crippen molar-refractivity contribution >= 4 is 21.8 Å². The smallest absolute Gasteiger partial charge is 0.219 e. The number of fused-ring (bicyclic) bond motifs is 1. The molecule has 4 nitrogen and oxygen atoms in total. The zero-order chi connectivity index (χ0) is 15.3. The van der Waals surface area contributed by atoms with Gasteiger partial charge in [-0.15, -0.1) is 0 Å². The molecule has 2 aliphatic heterocycles. The predicted octanol–water partition coefficient (Wildman–Crippen LogP) is 3.22. The number of hydrogen-bond donors (Lipinski definition) is 0. The molecule has 0 saturated carbocycles. The summed E-state index contributed by atoms with van der Waals surface area (Å²) in [4.78, 5) is 13.6. The molecule has 22 heavy (non-hydrogen) atoms. The van der Waals surface area contributed by atoms with Crippen molar-refractivity contribution in [2.75, 3.05) is 13.1 Å². The molecule has 1 aromatic carbocycles. The molecule has 0 N–H and O–H groups in total. The molecule has 114 valence electrons. The number of carbonyl (C=O) groups excluding carboxylic acids is 1. The van der Waals surface area contributed by atoms with Crippen LogP contribution in [0, 0.1) is 0 Å². The van der Waals surface area contributed by atoms with Gasteiger partial charge in [-0.05, 0) is 30.3 Å². The van der Waals surface area contributed by atoms with Crippen LogP contribution in [0.3, 0.4) is 0 Å². The van der Waals surface area contributed by atoms with E-state index in [4.69, 9.17) is 4.74 Å². The van der Waals surface area contributed by atoms with Crippen LogP contribution in [0.25, 0.3) is 0 Å². The van der Waals surface area contributed by atoms with Gasteiger partial charge in [0, 0.05) is 42.3 Å². The van der Waals surface area contributed by atoms with E-state index in [0.717, 1.165) is 23.2 Å². The number of rotatable bonds is 1. The van der Waals surface area contributed by atoms with Crippen molar-refractivity contribution in [1.29, 1.82) is 0 Å². The second-order valence-electron chi connectivity index (χ2n) is 6.07. The quantitative estimate of drug-likeness (QED) is 0.782. The van der Waals surface area contributed by atoms with Crippen molar-refractivity contribution < 1.29 is 9.53 Å². The van der Waals surface area contributed by atoms with Gasteiger partial charge >= 0.3 is 0 Å². The van der Waals surface area contributed by atoms with E-state index in [-0.39, 0.29) is 17.6 Å². The van der Waals surface area contributed by atoms with Crippen LogP contribution < -0.4 is 4.74 Å². The fourth-order valence-electron chi connectivity index (χ4n) is 3.72. The van der Waals surface area contributed by atoms with Crippen molar-refractivity contribution in [1.82, 2.24) is 9.47 Å². The van der Waals surface area contributed by atoms with Gasteiger partial charge in [-0.25, -0.2) is 0 Å². The number of aromatic nitrogens is 1. The average Bonchev–Trinajstić information content (AvgIpc) is 3.18. The lowest BCUT2D eigenvalue weighted by Crippen LogP contribution is -2.44. The van der Waals surface area contributed by atoms with E-state index in [1.165, 1.54) is 5.56 Å². The molecule has 2 aromatic rings. The Hall–Kier alpha value is -1.75. The van der Waals surface area contributed by atoms with Crippen molar-refractivity contribution in [3.05, 3.63) is 52.8 Å². The summed E-state index contributed by atoms with van der Waals surface area (Å²) in [5.41, 5.74) is 0.810. The van der Waals surface area contributed by atoms with Crippen LogP contribution in [0.15, 0.2) is 47.2 Å². The Labute approximate surface area is 137 Å². The van der Waals surface area contributed by atoms with Gasteiger partial charge in [0.05, 0.1) is 6.54 Å². The lowest BCUT2D eigenvalue weighted by atomic mass is 9.90. The lowest BCUT2D eigenvalue weighted by Gasteiger charge is -2.31. The summed E-state index contributed by atoms with van der Waals surface area (Å²) in [6.45, 7) is 3.02. The second-order valence-corrected chi connectivity index (χ2v) is 6.99. The first-order valence-electron chi connectivity index (χ1n) is 7.45. The van der Waals surface area contributed by atoms with Gasteiger partial charge < -0.3 is 14.2 Å². The molecular formula is C17H17BrN2O2. The number of ether oxygens (including phenoxy) is 1. The van der Waals surface area contributed by atoms with Crippen LogP contribution in [-0.4, -0.2) is 34.1 Å². The van der Waals surface area contributed by atoms with Crippen molar-refractivity contribution in [3.63, 3.8) is 0 Å². The van der Waals surface area contributed by atoms with Crippen LogP contribution in [0.5, 0.6) is 5.75 Å². The molecule has 1 aromatic heterocycles. The Morgan fingerprint density at radius 3 is 2.82 bits per heavy atom. The van der Waals surface area contributed by atoms with Crippen LogP contribution in [0.4, 0.5) is 0 Å². The van der Waals surface area contributed by atoms with Gasteiger partial charge in [0.25, 0.3) is 0 Å². The molecule has 1 amide bonds. The maximum Gasteiger partial charge on any atom is 0.219 e. The minimum absolute atomic E-state index is 0.0966. The fraction of sp³-hybridized carbons (Fsp3) is 0.353. The molecule has 4 rings (SSSR count). The van der Waals surface area contributed by atoms with Crippen molar-refractivity contribution in [3.8, 4) is 5.75 Å². The zero-order valence-corrected chi connectivity index (χ0v) is 13.9. The number of amides is 1. The summed E-state index contributed by atoms with van der Waals surface area (Å²) >= 11 is 3.56. The molecule has 0 bridgehead atoms. The van der Waals surface area contributed by atoms with Crippen LogP contribution in [0.1, 0.15) is 24.9 Å². The highest BCUT2D eigenvalue weighted by Gasteiger charge is 2.53. The predicted molar refractivity (Wildman–Crippen MR) is 86.9 cm³/mol. The van der Waals surface area contributed by atoms with Gasteiger partial charge in [0.1, 0.15) is 11.8 Å². The lowest BCUT2D eigenvalue weighted by molar-refractivity contribution is -0.128. The summed E-state index contributed by atoms with van der Waals surface area (Å²) in [5, 5.41) is 0. The normalized spacial score (nSPS) is 26.3. The van der Waals surface area contributed by atoms with E-state index in [1.54, 1.807) is 6.92 Å². The van der Waals surface area contributed by atoms with E-state index in [9.17, 15) is 4.79 Å². The Morgan fingerprint density at radius 1 is 1.36 bits per heavy atom. The number of halogens is 1. The van der Waals surface area contributed by atoms with Gasteiger partial charge in [-0.3, -0.25) is 4.79 Å². The largest absolute Gasteiger partial charge is 0.482 e. The maximum atomic E-state index is 11.8. The molecule has 0 aliphatic carbocycles. The van der Waals surface area contributed by atoms with Gasteiger partial charge in [0.15, 0.2) is 5.60 Å². The number of hydrogen-bond acceptors (Lipinski definition) is 2. The maximum absolute atomic E-state index is 11.8. The second kappa shape index (κ2) is 4.88. The monoisotopic (exact) mass is 360 g/mol. The van der Waals surface area contributed by atoms with Gasteiger partial charge in [-0.1, -0.05) is 15.9 Å². The average molecular weight is 361 g/mol. The molecule has 2 aliphatic rings. The third-order valence-corrected chi connectivity index (χ3v) is 5.21. The summed E-state index contributed by atoms with van der Waals surface area (Å²) in [5.74, 6) is 1.04. The first-order valence-corrected chi connectivity index (χ1v) is 8.25. The summed E-state index contributed by atoms with van der Waals surface area (Å²) in [6.07, 6.45) is 4.99. The molecule has 1 fully saturated rings. The van der Waals surface area contributed by atoms with E-state index in [2.05, 4.69) is 39.0 Å². The third-order valence-electron chi connectivity index (χ3n) is 4.71. The van der Waals surface area contributed by atoms with Gasteiger partial charge in [0.2, 0.25) is 5.91 Å². The van der Waals surface area contributed by atoms with Crippen LogP contribution >= 0.6 is 15.9 Å². The highest BCUT2D eigenvalue weighted by Crippen LogP contribution is 2.50. The van der Waals surface area contributed by atoms with Crippen molar-refractivity contribution in [2.45, 2.75) is 25.0 Å². The van der Waals surface area contributed by atoms with Crippen molar-refractivity contribution in [2.24, 2.45) is 0 Å². The molecule has 0 radical (unpaired) electrons. The highest BCUT2D eigenvalue weighted by atomic mass is 79.9. The zero-order valence-electron chi connectivity index (χ0n) is 12.3. The van der Waals surface area contributed by atoms with E-state index in [1.807, 2.05) is 29.2 Å². The third kappa shape index (κ3) is 1.99. The number of likely N-dealkylation sites (tertiary alicyclic amines) is 1. The molecule has 2 unspecified atom stereocenters. The van der Waals surface area contributed by atoms with E-state index >= 15 is 0 Å². The number of carbonyl (C=O) groups is 1. The highest BCUT2D eigenvalue weighted by molar-refractivity contribution is 9.10. The summed E-state index contributed by atoms with van der Waals surface area (Å²) in [6, 6.07) is 10.3. The Balaban J connectivity index is 1.82. The van der Waals surface area contributed by atoms with E-state index in [0.29, 0.717) is 6.54 Å². The molecule has 1 spiro atoms. The van der Waals surface area contributed by atoms with Gasteiger partial charge in [-0.2, -0.15) is 0 Å². The molecule has 5 heteroatoms. The molecule has 3 heterocycles. The molecule has 1 saturated heterocycles. The Morgan fingerprint density at radius 2 is 2.14 bits per heavy atom. The first-order chi connectivity index (χ1) is 10.6. The Kier molecular flexibility index (Phi) is 3.08. The molecule has 2 atom stereocenters. The molecular weight excluding hydrogens is 344 g/mol. The summed E-state index contributed by atoms with van der Waals surface area (Å²) in [7, 11) is 0. The Bertz CT molecular complexity index is 728. The van der Waals surface area contributed by atoms with E-state index < -0.39 is 0 Å². The topological polar surface area (TPSA) is 34.5 Å². The number of benzene rings is 1. The first kappa shape index (κ1) is 13.9. The number of nitrogens with zero attached hydrogens (tertiary/aromatic N) is 2. The SMILES string of the molecule is CC(=O)N1CCC2(C1)Oc1ccc(Br)cc1C2n1cccc1. The van der Waals surface area contributed by atoms with Crippen LogP contribution in [0.2, 0.25) is 0 Å². The van der Waals surface area contributed by atoms with Crippen LogP contribution in [-0.2, 0) is 4.79 Å². The standard InChI is InChI=1S/C17H17BrN2O2/c1-12(21)20-9-6-17(11-20)16(19-7-2-3-8-19)14-10-13(18)4-5-15(14)22-17/h2-5,7-8,10,16H,6,9,11H2,1H3. The minimum atomic E-state index is -0.367.